The quantitative estimate of drug-likeness (QED) is 0.687. The summed E-state index contributed by atoms with van der Waals surface area (Å²) in [6, 6.07) is 0. The largest absolute Gasteiger partial charge is 0.383 e. The third-order valence-corrected chi connectivity index (χ3v) is 3.37. The smallest absolute Gasteiger partial charge is 0.0587 e. The first-order chi connectivity index (χ1) is 6.64. The number of ether oxygens (including phenoxy) is 1. The van der Waals surface area contributed by atoms with Crippen molar-refractivity contribution in [3.8, 4) is 0 Å². The second-order valence-corrected chi connectivity index (χ2v) is 5.30. The number of hydrogen-bond acceptors (Lipinski definition) is 2. The summed E-state index contributed by atoms with van der Waals surface area (Å²) >= 11 is 0. The summed E-state index contributed by atoms with van der Waals surface area (Å²) in [6.07, 6.45) is 5.58. The number of methoxy groups -OCH3 is 1. The van der Waals surface area contributed by atoms with Gasteiger partial charge in [-0.1, -0.05) is 13.8 Å². The second-order valence-electron chi connectivity index (χ2n) is 5.30. The van der Waals surface area contributed by atoms with Crippen molar-refractivity contribution in [2.45, 2.75) is 39.5 Å². The van der Waals surface area contributed by atoms with E-state index in [-0.39, 0.29) is 0 Å². The lowest BCUT2D eigenvalue weighted by molar-refractivity contribution is 0.176. The zero-order valence-electron chi connectivity index (χ0n) is 9.94. The molecule has 0 unspecified atom stereocenters. The Kier molecular flexibility index (Phi) is 4.90. The van der Waals surface area contributed by atoms with Crippen molar-refractivity contribution in [2.75, 3.05) is 26.8 Å². The van der Waals surface area contributed by atoms with Crippen molar-refractivity contribution in [3.05, 3.63) is 0 Å². The molecule has 0 radical (unpaired) electrons. The minimum Gasteiger partial charge on any atom is -0.383 e. The van der Waals surface area contributed by atoms with Crippen LogP contribution >= 0.6 is 0 Å². The highest BCUT2D eigenvalue weighted by molar-refractivity contribution is 4.79. The SMILES string of the molecule is COCCNCC1CCC(C)(C)CC1. The molecule has 0 aromatic heterocycles. The van der Waals surface area contributed by atoms with E-state index in [0.29, 0.717) is 5.41 Å². The highest BCUT2D eigenvalue weighted by Gasteiger charge is 2.26. The Balaban J connectivity index is 2.04. The number of nitrogens with one attached hydrogen (secondary N) is 1. The summed E-state index contributed by atoms with van der Waals surface area (Å²) < 4.78 is 5.00. The third kappa shape index (κ3) is 4.43. The molecule has 1 fully saturated rings. The molecule has 1 aliphatic rings. The Labute approximate surface area is 88.4 Å². The minimum absolute atomic E-state index is 0.600. The molecule has 84 valence electrons. The van der Waals surface area contributed by atoms with Crippen molar-refractivity contribution < 1.29 is 4.74 Å². The predicted octanol–water partition coefficient (Wildman–Crippen LogP) is 2.44. The fraction of sp³-hybridized carbons (Fsp3) is 1.00. The fourth-order valence-electron chi connectivity index (χ4n) is 2.14. The minimum atomic E-state index is 0.600. The molecule has 0 amide bonds. The molecule has 0 aliphatic heterocycles. The van der Waals surface area contributed by atoms with Gasteiger partial charge in [-0.15, -0.1) is 0 Å². The summed E-state index contributed by atoms with van der Waals surface area (Å²) in [5.41, 5.74) is 0.600. The van der Waals surface area contributed by atoms with Crippen LogP contribution in [0.4, 0.5) is 0 Å². The Morgan fingerprint density at radius 2 is 1.93 bits per heavy atom. The van der Waals surface area contributed by atoms with Gasteiger partial charge in [0.2, 0.25) is 0 Å². The van der Waals surface area contributed by atoms with Crippen LogP contribution < -0.4 is 5.32 Å². The molecule has 0 spiro atoms. The van der Waals surface area contributed by atoms with Crippen molar-refractivity contribution in [3.63, 3.8) is 0 Å². The molecule has 1 rings (SSSR count). The van der Waals surface area contributed by atoms with E-state index in [9.17, 15) is 0 Å². The molecule has 0 aromatic carbocycles. The zero-order chi connectivity index (χ0) is 10.4. The summed E-state index contributed by atoms with van der Waals surface area (Å²) in [6.45, 7) is 7.79. The monoisotopic (exact) mass is 199 g/mol. The maximum absolute atomic E-state index is 5.00. The van der Waals surface area contributed by atoms with Gasteiger partial charge in [0.1, 0.15) is 0 Å². The summed E-state index contributed by atoms with van der Waals surface area (Å²) in [4.78, 5) is 0. The number of rotatable bonds is 5. The Morgan fingerprint density at radius 3 is 2.50 bits per heavy atom. The fourth-order valence-corrected chi connectivity index (χ4v) is 2.14. The van der Waals surface area contributed by atoms with Gasteiger partial charge in [-0.05, 0) is 43.6 Å². The first kappa shape index (κ1) is 12.0. The molecule has 14 heavy (non-hydrogen) atoms. The average Bonchev–Trinajstić information content (AvgIpc) is 2.15. The van der Waals surface area contributed by atoms with Crippen LogP contribution in [0, 0.1) is 11.3 Å². The molecule has 0 heterocycles. The van der Waals surface area contributed by atoms with E-state index in [0.717, 1.165) is 19.1 Å². The van der Waals surface area contributed by atoms with Crippen LogP contribution in [0.5, 0.6) is 0 Å². The average molecular weight is 199 g/mol. The molecular formula is C12H25NO. The van der Waals surface area contributed by atoms with E-state index in [2.05, 4.69) is 19.2 Å². The maximum Gasteiger partial charge on any atom is 0.0587 e. The Hall–Kier alpha value is -0.0800. The normalized spacial score (nSPS) is 22.5. The van der Waals surface area contributed by atoms with E-state index < -0.39 is 0 Å². The van der Waals surface area contributed by atoms with Gasteiger partial charge < -0.3 is 10.1 Å². The van der Waals surface area contributed by atoms with Crippen LogP contribution in [-0.2, 0) is 4.74 Å². The van der Waals surface area contributed by atoms with Gasteiger partial charge in [0.25, 0.3) is 0 Å². The predicted molar refractivity (Wildman–Crippen MR) is 60.5 cm³/mol. The van der Waals surface area contributed by atoms with Crippen molar-refractivity contribution in [1.29, 1.82) is 0 Å². The van der Waals surface area contributed by atoms with Crippen molar-refractivity contribution in [1.82, 2.24) is 5.32 Å². The molecule has 1 N–H and O–H groups in total. The summed E-state index contributed by atoms with van der Waals surface area (Å²) in [7, 11) is 1.75. The molecular weight excluding hydrogens is 174 g/mol. The van der Waals surface area contributed by atoms with E-state index >= 15 is 0 Å². The summed E-state index contributed by atoms with van der Waals surface area (Å²) in [5.74, 6) is 0.903. The molecule has 0 atom stereocenters. The lowest BCUT2D eigenvalue weighted by atomic mass is 9.73. The van der Waals surface area contributed by atoms with Gasteiger partial charge in [-0.3, -0.25) is 0 Å². The van der Waals surface area contributed by atoms with Crippen LogP contribution in [0.3, 0.4) is 0 Å². The highest BCUT2D eigenvalue weighted by atomic mass is 16.5. The first-order valence-corrected chi connectivity index (χ1v) is 5.84. The van der Waals surface area contributed by atoms with Crippen molar-refractivity contribution >= 4 is 0 Å². The standard InChI is InChI=1S/C12H25NO/c1-12(2)6-4-11(5-7-12)10-13-8-9-14-3/h11,13H,4-10H2,1-3H3. The topological polar surface area (TPSA) is 21.3 Å². The molecule has 2 heteroatoms. The molecule has 1 saturated carbocycles. The van der Waals surface area contributed by atoms with Crippen LogP contribution in [0.1, 0.15) is 39.5 Å². The molecule has 0 bridgehead atoms. The van der Waals surface area contributed by atoms with E-state index in [4.69, 9.17) is 4.74 Å². The van der Waals surface area contributed by atoms with Gasteiger partial charge in [-0.25, -0.2) is 0 Å². The third-order valence-electron chi connectivity index (χ3n) is 3.37. The second kappa shape index (κ2) is 5.72. The lowest BCUT2D eigenvalue weighted by Crippen LogP contribution is -2.30. The van der Waals surface area contributed by atoms with Gasteiger partial charge in [0, 0.05) is 13.7 Å². The molecule has 0 saturated heterocycles. The Bertz CT molecular complexity index is 146. The number of hydrogen-bond donors (Lipinski definition) is 1. The zero-order valence-corrected chi connectivity index (χ0v) is 9.94. The van der Waals surface area contributed by atoms with Gasteiger partial charge in [0.05, 0.1) is 6.61 Å². The molecule has 0 aromatic rings. The lowest BCUT2D eigenvalue weighted by Gasteiger charge is -2.34. The van der Waals surface area contributed by atoms with Gasteiger partial charge in [0.15, 0.2) is 0 Å². The van der Waals surface area contributed by atoms with E-state index in [1.165, 1.54) is 32.2 Å². The van der Waals surface area contributed by atoms with Crippen LogP contribution in [0.25, 0.3) is 0 Å². The van der Waals surface area contributed by atoms with Crippen LogP contribution in [0.15, 0.2) is 0 Å². The summed E-state index contributed by atoms with van der Waals surface area (Å²) in [5, 5.41) is 3.46. The van der Waals surface area contributed by atoms with Crippen molar-refractivity contribution in [2.24, 2.45) is 11.3 Å². The molecule has 2 nitrogen and oxygen atoms in total. The first-order valence-electron chi connectivity index (χ1n) is 5.84. The maximum atomic E-state index is 5.00. The Morgan fingerprint density at radius 1 is 1.29 bits per heavy atom. The van der Waals surface area contributed by atoms with E-state index in [1.807, 2.05) is 0 Å². The van der Waals surface area contributed by atoms with Gasteiger partial charge in [-0.2, -0.15) is 0 Å². The van der Waals surface area contributed by atoms with Crippen LogP contribution in [-0.4, -0.2) is 26.8 Å². The van der Waals surface area contributed by atoms with Gasteiger partial charge >= 0.3 is 0 Å². The van der Waals surface area contributed by atoms with E-state index in [1.54, 1.807) is 7.11 Å². The molecule has 1 aliphatic carbocycles. The highest BCUT2D eigenvalue weighted by Crippen LogP contribution is 2.37. The van der Waals surface area contributed by atoms with Crippen LogP contribution in [0.2, 0.25) is 0 Å².